The molecule has 0 radical (unpaired) electrons. The molecule has 3 rings (SSSR count). The lowest BCUT2D eigenvalue weighted by Gasteiger charge is -2.40. The maximum atomic E-state index is 12.2. The van der Waals surface area contributed by atoms with E-state index in [9.17, 15) is 9.59 Å². The lowest BCUT2D eigenvalue weighted by molar-refractivity contribution is -0.128. The molecule has 2 fully saturated rings. The van der Waals surface area contributed by atoms with Gasteiger partial charge in [-0.2, -0.15) is 0 Å². The first-order valence-corrected chi connectivity index (χ1v) is 8.75. The van der Waals surface area contributed by atoms with Crippen molar-refractivity contribution in [3.8, 4) is 0 Å². The van der Waals surface area contributed by atoms with E-state index in [0.29, 0.717) is 24.0 Å². The molecule has 4 nitrogen and oxygen atoms in total. The summed E-state index contributed by atoms with van der Waals surface area (Å²) in [6, 6.07) is 4.24. The first-order valence-electron chi connectivity index (χ1n) is 7.87. The molecule has 1 saturated heterocycles. The predicted molar refractivity (Wildman–Crippen MR) is 83.7 cm³/mol. The number of Topliss-reactive ketones (excluding diaryl/α,β-unsaturated/α-hetero) is 1. The van der Waals surface area contributed by atoms with Crippen molar-refractivity contribution in [1.82, 2.24) is 9.80 Å². The minimum absolute atomic E-state index is 0.333. The average molecular weight is 306 g/mol. The van der Waals surface area contributed by atoms with Crippen LogP contribution in [0.5, 0.6) is 0 Å². The standard InChI is InChI=1S/C16H22N2O2S/c19-15(14-7-4-12-21-14)16(20)18-10-8-17(9-11-18)13-5-2-1-3-6-13/h4,7,12-13H,1-3,5-6,8-11H2. The van der Waals surface area contributed by atoms with E-state index in [0.717, 1.165) is 13.1 Å². The monoisotopic (exact) mass is 306 g/mol. The normalized spacial score (nSPS) is 21.4. The van der Waals surface area contributed by atoms with Gasteiger partial charge in [-0.25, -0.2) is 0 Å². The first-order chi connectivity index (χ1) is 10.3. The summed E-state index contributed by atoms with van der Waals surface area (Å²) >= 11 is 1.34. The maximum absolute atomic E-state index is 12.2. The van der Waals surface area contributed by atoms with Crippen molar-refractivity contribution in [2.75, 3.05) is 26.2 Å². The Bertz CT molecular complexity index is 486. The number of piperazine rings is 1. The second kappa shape index (κ2) is 6.71. The van der Waals surface area contributed by atoms with Crippen LogP contribution in [0.3, 0.4) is 0 Å². The zero-order valence-corrected chi connectivity index (χ0v) is 13.1. The molecule has 1 aromatic rings. The van der Waals surface area contributed by atoms with Gasteiger partial charge in [-0.05, 0) is 24.3 Å². The van der Waals surface area contributed by atoms with Crippen molar-refractivity contribution in [3.05, 3.63) is 22.4 Å². The highest BCUT2D eigenvalue weighted by molar-refractivity contribution is 7.12. The molecular formula is C16H22N2O2S. The molecule has 0 atom stereocenters. The highest BCUT2D eigenvalue weighted by Crippen LogP contribution is 2.23. The number of ketones is 1. The second-order valence-electron chi connectivity index (χ2n) is 5.93. The number of nitrogens with zero attached hydrogens (tertiary/aromatic N) is 2. The Morgan fingerprint density at radius 3 is 2.38 bits per heavy atom. The fourth-order valence-corrected chi connectivity index (χ4v) is 4.05. The molecule has 0 bridgehead atoms. The minimum Gasteiger partial charge on any atom is -0.333 e. The molecule has 1 aliphatic carbocycles. The summed E-state index contributed by atoms with van der Waals surface area (Å²) in [6.45, 7) is 3.20. The number of rotatable bonds is 3. The van der Waals surface area contributed by atoms with Gasteiger partial charge >= 0.3 is 0 Å². The highest BCUT2D eigenvalue weighted by atomic mass is 32.1. The van der Waals surface area contributed by atoms with Gasteiger partial charge in [0.2, 0.25) is 0 Å². The molecule has 0 aromatic carbocycles. The lowest BCUT2D eigenvalue weighted by atomic mass is 9.94. The van der Waals surface area contributed by atoms with E-state index < -0.39 is 0 Å². The van der Waals surface area contributed by atoms with Gasteiger partial charge in [0.25, 0.3) is 11.7 Å². The Balaban J connectivity index is 1.53. The number of carbonyl (C=O) groups excluding carboxylic acids is 2. The van der Waals surface area contributed by atoms with Crippen molar-refractivity contribution >= 4 is 23.0 Å². The fourth-order valence-electron chi connectivity index (χ4n) is 3.39. The van der Waals surface area contributed by atoms with Crippen molar-refractivity contribution < 1.29 is 9.59 Å². The van der Waals surface area contributed by atoms with Gasteiger partial charge in [0.05, 0.1) is 4.88 Å². The molecule has 1 saturated carbocycles. The molecule has 114 valence electrons. The Morgan fingerprint density at radius 2 is 1.76 bits per heavy atom. The molecule has 0 N–H and O–H groups in total. The second-order valence-corrected chi connectivity index (χ2v) is 6.87. The van der Waals surface area contributed by atoms with E-state index in [-0.39, 0.29) is 11.7 Å². The van der Waals surface area contributed by atoms with Gasteiger partial charge in [0.1, 0.15) is 0 Å². The molecule has 0 unspecified atom stereocenters. The fraction of sp³-hybridized carbons (Fsp3) is 0.625. The van der Waals surface area contributed by atoms with E-state index in [2.05, 4.69) is 4.90 Å². The zero-order valence-electron chi connectivity index (χ0n) is 12.3. The van der Waals surface area contributed by atoms with Gasteiger partial charge in [0, 0.05) is 32.2 Å². The van der Waals surface area contributed by atoms with Crippen LogP contribution < -0.4 is 0 Å². The summed E-state index contributed by atoms with van der Waals surface area (Å²) in [5.41, 5.74) is 0. The van der Waals surface area contributed by atoms with E-state index in [1.165, 1.54) is 43.4 Å². The Hall–Kier alpha value is -1.20. The third kappa shape index (κ3) is 3.35. The van der Waals surface area contributed by atoms with Gasteiger partial charge in [-0.3, -0.25) is 14.5 Å². The molecule has 1 aliphatic heterocycles. The summed E-state index contributed by atoms with van der Waals surface area (Å²) < 4.78 is 0. The van der Waals surface area contributed by atoms with Crippen LogP contribution >= 0.6 is 11.3 Å². The summed E-state index contributed by atoms with van der Waals surface area (Å²) in [6.07, 6.45) is 6.62. The van der Waals surface area contributed by atoms with Crippen LogP contribution in [0.2, 0.25) is 0 Å². The topological polar surface area (TPSA) is 40.6 Å². The van der Waals surface area contributed by atoms with Crippen LogP contribution in [-0.2, 0) is 4.79 Å². The van der Waals surface area contributed by atoms with E-state index in [4.69, 9.17) is 0 Å². The Labute approximate surface area is 129 Å². The van der Waals surface area contributed by atoms with Crippen molar-refractivity contribution in [1.29, 1.82) is 0 Å². The molecular weight excluding hydrogens is 284 g/mol. The molecule has 1 aromatic heterocycles. The van der Waals surface area contributed by atoms with Crippen LogP contribution in [0.15, 0.2) is 17.5 Å². The van der Waals surface area contributed by atoms with Crippen LogP contribution in [0.4, 0.5) is 0 Å². The Morgan fingerprint density at radius 1 is 1.05 bits per heavy atom. The number of thiophene rings is 1. The van der Waals surface area contributed by atoms with Gasteiger partial charge in [-0.15, -0.1) is 11.3 Å². The van der Waals surface area contributed by atoms with Crippen molar-refractivity contribution in [2.24, 2.45) is 0 Å². The molecule has 2 aliphatic rings. The first kappa shape index (κ1) is 14.7. The van der Waals surface area contributed by atoms with Crippen LogP contribution in [0.25, 0.3) is 0 Å². The zero-order chi connectivity index (χ0) is 14.7. The maximum Gasteiger partial charge on any atom is 0.295 e. The molecule has 5 heteroatoms. The Kier molecular flexibility index (Phi) is 4.70. The number of carbonyl (C=O) groups is 2. The highest BCUT2D eigenvalue weighted by Gasteiger charge is 2.30. The van der Waals surface area contributed by atoms with Gasteiger partial charge in [-0.1, -0.05) is 25.3 Å². The third-order valence-electron chi connectivity index (χ3n) is 4.63. The largest absolute Gasteiger partial charge is 0.333 e. The summed E-state index contributed by atoms with van der Waals surface area (Å²) in [5, 5.41) is 1.83. The molecule has 21 heavy (non-hydrogen) atoms. The van der Waals surface area contributed by atoms with Gasteiger partial charge in [0.15, 0.2) is 0 Å². The van der Waals surface area contributed by atoms with Crippen LogP contribution in [0.1, 0.15) is 41.8 Å². The lowest BCUT2D eigenvalue weighted by Crippen LogP contribution is -2.53. The van der Waals surface area contributed by atoms with E-state index in [1.807, 2.05) is 11.4 Å². The smallest absolute Gasteiger partial charge is 0.295 e. The quantitative estimate of drug-likeness (QED) is 0.636. The molecule has 2 heterocycles. The third-order valence-corrected chi connectivity index (χ3v) is 5.50. The van der Waals surface area contributed by atoms with Crippen molar-refractivity contribution in [3.63, 3.8) is 0 Å². The van der Waals surface area contributed by atoms with Crippen molar-refractivity contribution in [2.45, 2.75) is 38.1 Å². The van der Waals surface area contributed by atoms with E-state index in [1.54, 1.807) is 11.0 Å². The number of hydrogen-bond donors (Lipinski definition) is 0. The SMILES string of the molecule is O=C(C(=O)N1CCN(C2CCCCC2)CC1)c1cccs1. The molecule has 1 amide bonds. The summed E-state index contributed by atoms with van der Waals surface area (Å²) in [7, 11) is 0. The minimum atomic E-state index is -0.351. The van der Waals surface area contributed by atoms with Crippen LogP contribution in [0, 0.1) is 0 Å². The van der Waals surface area contributed by atoms with E-state index >= 15 is 0 Å². The number of amides is 1. The average Bonchev–Trinajstić information content (AvgIpc) is 3.09. The van der Waals surface area contributed by atoms with Crippen LogP contribution in [-0.4, -0.2) is 53.7 Å². The molecule has 0 spiro atoms. The summed E-state index contributed by atoms with van der Waals surface area (Å²) in [5.74, 6) is -0.683. The predicted octanol–water partition coefficient (Wildman–Crippen LogP) is 2.41. The van der Waals surface area contributed by atoms with Gasteiger partial charge < -0.3 is 4.90 Å². The number of hydrogen-bond acceptors (Lipinski definition) is 4. The summed E-state index contributed by atoms with van der Waals surface area (Å²) in [4.78, 5) is 29.1.